The molecule has 98 valence electrons. The zero-order valence-electron chi connectivity index (χ0n) is 9.23. The molecule has 0 saturated carbocycles. The van der Waals surface area contributed by atoms with Gasteiger partial charge in [-0.1, -0.05) is 6.92 Å². The summed E-state index contributed by atoms with van der Waals surface area (Å²) in [6.07, 6.45) is -2.14. The summed E-state index contributed by atoms with van der Waals surface area (Å²) in [5.74, 6) is -1.11. The van der Waals surface area contributed by atoms with Gasteiger partial charge in [0.1, 0.15) is 5.01 Å². The van der Waals surface area contributed by atoms with E-state index in [-0.39, 0.29) is 11.2 Å². The Hall–Kier alpha value is -1.22. The van der Waals surface area contributed by atoms with Crippen LogP contribution < -0.4 is 5.32 Å². The van der Waals surface area contributed by atoms with Gasteiger partial charge in [0.05, 0.1) is 6.04 Å². The fourth-order valence-corrected chi connectivity index (χ4v) is 2.70. The minimum atomic E-state index is -4.50. The minimum Gasteiger partial charge on any atom is -0.351 e. The first-order valence-corrected chi connectivity index (χ1v) is 6.73. The van der Waals surface area contributed by atoms with Crippen LogP contribution in [0.4, 0.5) is 18.3 Å². The number of anilines is 1. The first-order valence-electron chi connectivity index (χ1n) is 5.07. The topological polar surface area (TPSA) is 50.7 Å². The minimum absolute atomic E-state index is 0.140. The number of hydrogen-bond acceptors (Lipinski definition) is 6. The zero-order valence-corrected chi connectivity index (χ0v) is 10.9. The number of nitrogens with zero attached hydrogens (tertiary/aromatic N) is 3. The highest BCUT2D eigenvalue weighted by Gasteiger charge is 2.36. The fraction of sp³-hybridized carbons (Fsp3) is 0.444. The van der Waals surface area contributed by atoms with Crippen molar-refractivity contribution in [2.24, 2.45) is 0 Å². The summed E-state index contributed by atoms with van der Waals surface area (Å²) in [7, 11) is 0. The molecule has 0 bridgehead atoms. The SMILES string of the molecule is CCC(Nc1nc(C(F)(F)F)ns1)c1nccs1. The van der Waals surface area contributed by atoms with Gasteiger partial charge in [0, 0.05) is 23.1 Å². The van der Waals surface area contributed by atoms with Gasteiger partial charge >= 0.3 is 6.18 Å². The van der Waals surface area contributed by atoms with Gasteiger partial charge in [-0.2, -0.15) is 22.5 Å². The summed E-state index contributed by atoms with van der Waals surface area (Å²) in [5.41, 5.74) is 0. The number of aromatic nitrogens is 3. The van der Waals surface area contributed by atoms with E-state index >= 15 is 0 Å². The molecule has 0 aliphatic carbocycles. The van der Waals surface area contributed by atoms with E-state index in [1.807, 2.05) is 12.3 Å². The molecule has 0 aromatic carbocycles. The van der Waals surface area contributed by atoms with Crippen LogP contribution in [-0.2, 0) is 6.18 Å². The lowest BCUT2D eigenvalue weighted by Gasteiger charge is -2.12. The van der Waals surface area contributed by atoms with Gasteiger partial charge < -0.3 is 5.32 Å². The quantitative estimate of drug-likeness (QED) is 0.936. The van der Waals surface area contributed by atoms with E-state index in [1.165, 1.54) is 11.3 Å². The molecule has 2 aromatic rings. The molecule has 0 aliphatic heterocycles. The first-order chi connectivity index (χ1) is 8.50. The lowest BCUT2D eigenvalue weighted by Crippen LogP contribution is -2.10. The molecule has 2 heterocycles. The first kappa shape index (κ1) is 13.2. The summed E-state index contributed by atoms with van der Waals surface area (Å²) >= 11 is 2.15. The van der Waals surface area contributed by atoms with Crippen LogP contribution in [0.3, 0.4) is 0 Å². The van der Waals surface area contributed by atoms with E-state index in [4.69, 9.17) is 0 Å². The van der Waals surface area contributed by atoms with Crippen molar-refractivity contribution in [1.82, 2.24) is 14.3 Å². The molecule has 0 spiro atoms. The highest BCUT2D eigenvalue weighted by molar-refractivity contribution is 7.10. The monoisotopic (exact) mass is 294 g/mol. The predicted octanol–water partition coefficient (Wildman–Crippen LogP) is 3.58. The fourth-order valence-electron chi connectivity index (χ4n) is 1.29. The number of halogens is 3. The maximum absolute atomic E-state index is 12.3. The van der Waals surface area contributed by atoms with Crippen LogP contribution in [0.25, 0.3) is 0 Å². The smallest absolute Gasteiger partial charge is 0.351 e. The van der Waals surface area contributed by atoms with Gasteiger partial charge in [0.2, 0.25) is 11.0 Å². The number of hydrogen-bond donors (Lipinski definition) is 1. The molecule has 1 N–H and O–H groups in total. The molecule has 2 aromatic heterocycles. The summed E-state index contributed by atoms with van der Waals surface area (Å²) in [6, 6.07) is -0.140. The van der Waals surface area contributed by atoms with E-state index in [0.717, 1.165) is 5.01 Å². The lowest BCUT2D eigenvalue weighted by atomic mass is 10.2. The van der Waals surface area contributed by atoms with Crippen LogP contribution in [0.5, 0.6) is 0 Å². The summed E-state index contributed by atoms with van der Waals surface area (Å²) in [6.45, 7) is 1.92. The van der Waals surface area contributed by atoms with Gasteiger partial charge in [-0.15, -0.1) is 11.3 Å². The standard InChI is InChI=1S/C9H9F3N4S2/c1-2-5(6-13-3-4-17-6)14-8-15-7(16-18-8)9(10,11)12/h3-5H,2H2,1H3,(H,14,15,16). The molecule has 4 nitrogen and oxygen atoms in total. The molecule has 0 amide bonds. The normalized spacial score (nSPS) is 13.6. The van der Waals surface area contributed by atoms with Crippen LogP contribution in [-0.4, -0.2) is 14.3 Å². The Labute approximate surface area is 109 Å². The predicted molar refractivity (Wildman–Crippen MR) is 63.7 cm³/mol. The van der Waals surface area contributed by atoms with Gasteiger partial charge in [0.15, 0.2) is 0 Å². The van der Waals surface area contributed by atoms with Crippen molar-refractivity contribution >= 4 is 28.0 Å². The Morgan fingerprint density at radius 3 is 2.72 bits per heavy atom. The highest BCUT2D eigenvalue weighted by atomic mass is 32.1. The molecule has 0 aliphatic rings. The van der Waals surface area contributed by atoms with Gasteiger partial charge in [-0.3, -0.25) is 0 Å². The largest absolute Gasteiger partial charge is 0.452 e. The van der Waals surface area contributed by atoms with Crippen molar-refractivity contribution in [3.63, 3.8) is 0 Å². The molecular weight excluding hydrogens is 285 g/mol. The van der Waals surface area contributed by atoms with Crippen molar-refractivity contribution in [3.8, 4) is 0 Å². The maximum Gasteiger partial charge on any atom is 0.452 e. The van der Waals surface area contributed by atoms with Gasteiger partial charge in [0.25, 0.3) is 0 Å². The van der Waals surface area contributed by atoms with Gasteiger partial charge in [-0.05, 0) is 6.42 Å². The van der Waals surface area contributed by atoms with Crippen LogP contribution in [0.2, 0.25) is 0 Å². The lowest BCUT2D eigenvalue weighted by molar-refractivity contribution is -0.144. The zero-order chi connectivity index (χ0) is 13.2. The van der Waals surface area contributed by atoms with E-state index < -0.39 is 12.0 Å². The van der Waals surface area contributed by atoms with Gasteiger partial charge in [-0.25, -0.2) is 4.98 Å². The van der Waals surface area contributed by atoms with Crippen molar-refractivity contribution < 1.29 is 13.2 Å². The number of rotatable bonds is 4. The molecule has 1 atom stereocenters. The summed E-state index contributed by atoms with van der Waals surface area (Å²) < 4.78 is 40.3. The molecule has 9 heteroatoms. The van der Waals surface area contributed by atoms with E-state index in [2.05, 4.69) is 19.7 Å². The number of nitrogens with one attached hydrogen (secondary N) is 1. The Morgan fingerprint density at radius 2 is 2.22 bits per heavy atom. The molecular formula is C9H9F3N4S2. The molecule has 0 saturated heterocycles. The molecule has 2 rings (SSSR count). The van der Waals surface area contributed by atoms with Crippen LogP contribution in [0.15, 0.2) is 11.6 Å². The number of alkyl halides is 3. The van der Waals surface area contributed by atoms with Crippen molar-refractivity contribution in [2.75, 3.05) is 5.32 Å². The Bertz CT molecular complexity index is 494. The molecule has 0 fully saturated rings. The Morgan fingerprint density at radius 1 is 1.44 bits per heavy atom. The van der Waals surface area contributed by atoms with Crippen molar-refractivity contribution in [3.05, 3.63) is 22.4 Å². The van der Waals surface area contributed by atoms with Crippen LogP contribution in [0.1, 0.15) is 30.2 Å². The van der Waals surface area contributed by atoms with Crippen molar-refractivity contribution in [2.45, 2.75) is 25.6 Å². The van der Waals surface area contributed by atoms with E-state index in [9.17, 15) is 13.2 Å². The third-order valence-corrected chi connectivity index (χ3v) is 3.67. The third-order valence-electron chi connectivity index (χ3n) is 2.14. The van der Waals surface area contributed by atoms with Crippen LogP contribution in [0, 0.1) is 0 Å². The van der Waals surface area contributed by atoms with E-state index in [0.29, 0.717) is 18.0 Å². The second-order valence-electron chi connectivity index (χ2n) is 3.40. The molecule has 18 heavy (non-hydrogen) atoms. The molecule has 1 unspecified atom stereocenters. The summed E-state index contributed by atoms with van der Waals surface area (Å²) in [4.78, 5) is 7.56. The maximum atomic E-state index is 12.3. The second kappa shape index (κ2) is 5.19. The van der Waals surface area contributed by atoms with Crippen LogP contribution >= 0.6 is 22.9 Å². The second-order valence-corrected chi connectivity index (χ2v) is 5.07. The number of thiazole rings is 1. The Balaban J connectivity index is 2.11. The highest BCUT2D eigenvalue weighted by Crippen LogP contribution is 2.31. The van der Waals surface area contributed by atoms with E-state index in [1.54, 1.807) is 6.20 Å². The summed E-state index contributed by atoms with van der Waals surface area (Å²) in [5, 5.41) is 5.71. The third kappa shape index (κ3) is 2.96. The molecule has 0 radical (unpaired) electrons. The average Bonchev–Trinajstić information content (AvgIpc) is 2.95. The Kier molecular flexibility index (Phi) is 3.81. The van der Waals surface area contributed by atoms with Crippen molar-refractivity contribution in [1.29, 1.82) is 0 Å². The average molecular weight is 294 g/mol.